The van der Waals surface area contributed by atoms with Crippen LogP contribution in [0.15, 0.2) is 41.4 Å². The molecule has 0 aliphatic carbocycles. The molecule has 0 aliphatic heterocycles. The molecule has 0 saturated carbocycles. The van der Waals surface area contributed by atoms with Gasteiger partial charge in [0.1, 0.15) is 5.82 Å². The summed E-state index contributed by atoms with van der Waals surface area (Å²) in [4.78, 5) is 16.5. The van der Waals surface area contributed by atoms with Crippen LogP contribution in [0.5, 0.6) is 11.5 Å². The zero-order chi connectivity index (χ0) is 21.0. The lowest BCUT2D eigenvalue weighted by atomic mass is 10.2. The molecule has 0 bridgehead atoms. The van der Waals surface area contributed by atoms with E-state index in [9.17, 15) is 13.6 Å². The van der Waals surface area contributed by atoms with E-state index in [1.54, 1.807) is 24.3 Å². The first kappa shape index (κ1) is 20.3. The van der Waals surface area contributed by atoms with Gasteiger partial charge in [-0.1, -0.05) is 23.3 Å². The minimum absolute atomic E-state index is 0.00589. The van der Waals surface area contributed by atoms with E-state index in [0.29, 0.717) is 21.8 Å². The number of fused-ring (bicyclic) bond motifs is 1. The maximum atomic E-state index is 14.2. The number of methoxy groups -OCH3 is 2. The van der Waals surface area contributed by atoms with Gasteiger partial charge >= 0.3 is 0 Å². The predicted octanol–water partition coefficient (Wildman–Crippen LogP) is 3.77. The Hall–Kier alpha value is -3.44. The molecule has 0 fully saturated rings. The van der Waals surface area contributed by atoms with Crippen molar-refractivity contribution in [1.82, 2.24) is 4.57 Å². The largest absolute Gasteiger partial charge is 0.493 e. The second-order valence-electron chi connectivity index (χ2n) is 5.81. The Kier molecular flexibility index (Phi) is 6.10. The molecular weight excluding hydrogens is 398 g/mol. The summed E-state index contributed by atoms with van der Waals surface area (Å²) < 4.78 is 39.8. The molecule has 0 N–H and O–H groups in total. The molecule has 1 heterocycles. The van der Waals surface area contributed by atoms with Crippen LogP contribution < -0.4 is 14.3 Å². The number of hydrogen-bond donors (Lipinski definition) is 0. The lowest BCUT2D eigenvalue weighted by Gasteiger charge is -2.07. The highest BCUT2D eigenvalue weighted by molar-refractivity contribution is 7.16. The van der Waals surface area contributed by atoms with Crippen molar-refractivity contribution in [3.63, 3.8) is 0 Å². The number of carbonyl (C=O) groups is 1. The minimum Gasteiger partial charge on any atom is -0.493 e. The molecule has 8 heteroatoms. The van der Waals surface area contributed by atoms with E-state index in [1.165, 1.54) is 30.9 Å². The maximum absolute atomic E-state index is 14.2. The van der Waals surface area contributed by atoms with Crippen molar-refractivity contribution < 1.29 is 23.0 Å². The number of terminal acetylenes is 1. The lowest BCUT2D eigenvalue weighted by Crippen LogP contribution is -2.16. The number of halogens is 2. The molecule has 0 saturated heterocycles. The Morgan fingerprint density at radius 3 is 2.69 bits per heavy atom. The SMILES string of the molecule is C#CCn1c(=NC(=O)/C=C\c2ccc(OC)c(OC)c2)sc2cc(F)cc(F)c21. The van der Waals surface area contributed by atoms with Gasteiger partial charge < -0.3 is 14.0 Å². The Balaban J connectivity index is 1.98. The van der Waals surface area contributed by atoms with Crippen LogP contribution in [0.1, 0.15) is 5.56 Å². The number of aromatic nitrogens is 1. The minimum atomic E-state index is -0.763. The molecule has 0 unspecified atom stereocenters. The Labute approximate surface area is 169 Å². The monoisotopic (exact) mass is 414 g/mol. The summed E-state index contributed by atoms with van der Waals surface area (Å²) in [7, 11) is 3.04. The normalized spacial score (nSPS) is 11.8. The van der Waals surface area contributed by atoms with Crippen molar-refractivity contribution >= 4 is 33.5 Å². The van der Waals surface area contributed by atoms with Crippen LogP contribution in [0, 0.1) is 24.0 Å². The van der Waals surface area contributed by atoms with Crippen LogP contribution >= 0.6 is 11.3 Å². The summed E-state index contributed by atoms with van der Waals surface area (Å²) in [5.74, 6) is 1.43. The molecule has 5 nitrogen and oxygen atoms in total. The first-order chi connectivity index (χ1) is 14.0. The van der Waals surface area contributed by atoms with Gasteiger partial charge in [0.05, 0.1) is 31.0 Å². The number of rotatable bonds is 5. The summed E-state index contributed by atoms with van der Waals surface area (Å²) >= 11 is 0.983. The van der Waals surface area contributed by atoms with Gasteiger partial charge in [-0.2, -0.15) is 4.99 Å². The zero-order valence-corrected chi connectivity index (χ0v) is 16.4. The van der Waals surface area contributed by atoms with Crippen molar-refractivity contribution in [1.29, 1.82) is 0 Å². The van der Waals surface area contributed by atoms with Crippen molar-refractivity contribution in [2.24, 2.45) is 4.99 Å². The van der Waals surface area contributed by atoms with Gasteiger partial charge in [-0.3, -0.25) is 4.79 Å². The third-order valence-corrected chi connectivity index (χ3v) is 5.00. The van der Waals surface area contributed by atoms with Crippen LogP contribution in [0.2, 0.25) is 0 Å². The van der Waals surface area contributed by atoms with Gasteiger partial charge in [-0.05, 0) is 29.8 Å². The predicted molar refractivity (Wildman–Crippen MR) is 108 cm³/mol. The van der Waals surface area contributed by atoms with E-state index in [1.807, 2.05) is 0 Å². The van der Waals surface area contributed by atoms with Gasteiger partial charge in [-0.15, -0.1) is 6.42 Å². The van der Waals surface area contributed by atoms with Crippen molar-refractivity contribution in [3.05, 3.63) is 58.4 Å². The van der Waals surface area contributed by atoms with Gasteiger partial charge in [0.25, 0.3) is 5.91 Å². The number of hydrogen-bond acceptors (Lipinski definition) is 4. The molecule has 148 valence electrons. The van der Waals surface area contributed by atoms with E-state index in [-0.39, 0.29) is 16.9 Å². The molecule has 29 heavy (non-hydrogen) atoms. The van der Waals surface area contributed by atoms with Crippen molar-refractivity contribution in [3.8, 4) is 23.8 Å². The fraction of sp³-hybridized carbons (Fsp3) is 0.143. The van der Waals surface area contributed by atoms with E-state index in [4.69, 9.17) is 15.9 Å². The van der Waals surface area contributed by atoms with E-state index < -0.39 is 17.5 Å². The van der Waals surface area contributed by atoms with Crippen LogP contribution in [-0.4, -0.2) is 24.7 Å². The van der Waals surface area contributed by atoms with Gasteiger partial charge in [-0.25, -0.2) is 8.78 Å². The van der Waals surface area contributed by atoms with Crippen molar-refractivity contribution in [2.75, 3.05) is 14.2 Å². The van der Waals surface area contributed by atoms with Crippen LogP contribution in [-0.2, 0) is 11.3 Å². The summed E-state index contributed by atoms with van der Waals surface area (Å²) in [5, 5.41) is 0. The molecule has 3 aromatic rings. The van der Waals surface area contributed by atoms with Crippen LogP contribution in [0.3, 0.4) is 0 Å². The second kappa shape index (κ2) is 8.71. The Bertz CT molecular complexity index is 1220. The van der Waals surface area contributed by atoms with Gasteiger partial charge in [0.2, 0.25) is 0 Å². The summed E-state index contributed by atoms with van der Waals surface area (Å²) in [6.07, 6.45) is 8.18. The highest BCUT2D eigenvalue weighted by atomic mass is 32.1. The molecule has 0 spiro atoms. The molecule has 0 radical (unpaired) electrons. The van der Waals surface area contributed by atoms with Gasteiger partial charge in [0, 0.05) is 12.1 Å². The number of nitrogens with zero attached hydrogens (tertiary/aromatic N) is 2. The molecular formula is C21H16F2N2O3S. The highest BCUT2D eigenvalue weighted by Crippen LogP contribution is 2.28. The zero-order valence-electron chi connectivity index (χ0n) is 15.6. The smallest absolute Gasteiger partial charge is 0.272 e. The first-order valence-electron chi connectivity index (χ1n) is 8.37. The molecule has 3 rings (SSSR count). The third-order valence-electron chi connectivity index (χ3n) is 3.98. The first-order valence-corrected chi connectivity index (χ1v) is 9.19. The van der Waals surface area contributed by atoms with E-state index >= 15 is 0 Å². The lowest BCUT2D eigenvalue weighted by molar-refractivity contribution is -0.113. The Morgan fingerprint density at radius 1 is 1.24 bits per heavy atom. The Morgan fingerprint density at radius 2 is 2.00 bits per heavy atom. The summed E-state index contributed by atoms with van der Waals surface area (Å²) in [6.45, 7) is -0.00589. The number of benzene rings is 2. The van der Waals surface area contributed by atoms with E-state index in [0.717, 1.165) is 17.4 Å². The van der Waals surface area contributed by atoms with E-state index in [2.05, 4.69) is 10.9 Å². The van der Waals surface area contributed by atoms with Gasteiger partial charge in [0.15, 0.2) is 22.1 Å². The quantitative estimate of drug-likeness (QED) is 0.472. The number of carbonyl (C=O) groups excluding carboxylic acids is 1. The number of thiazole rings is 1. The van der Waals surface area contributed by atoms with Crippen LogP contribution in [0.4, 0.5) is 8.78 Å². The average Bonchev–Trinajstić information content (AvgIpc) is 3.03. The molecule has 0 aliphatic rings. The van der Waals surface area contributed by atoms with Crippen molar-refractivity contribution in [2.45, 2.75) is 6.54 Å². The number of ether oxygens (including phenoxy) is 2. The summed E-state index contributed by atoms with van der Waals surface area (Å²) in [6, 6.07) is 7.12. The highest BCUT2D eigenvalue weighted by Gasteiger charge is 2.13. The molecule has 0 atom stereocenters. The number of amides is 1. The standard InChI is InChI=1S/C21H16F2N2O3S/c1-4-9-25-20-15(23)11-14(22)12-18(20)29-21(25)24-19(26)8-6-13-5-7-16(27-2)17(10-13)28-3/h1,5-8,10-12H,9H2,2-3H3/b8-6-,24-21?. The topological polar surface area (TPSA) is 52.8 Å². The van der Waals surface area contributed by atoms with Crippen LogP contribution in [0.25, 0.3) is 16.3 Å². The molecule has 1 aromatic heterocycles. The summed E-state index contributed by atoms with van der Waals surface area (Å²) in [5.41, 5.74) is 0.817. The molecule has 2 aromatic carbocycles. The fourth-order valence-electron chi connectivity index (χ4n) is 2.71. The maximum Gasteiger partial charge on any atom is 0.272 e. The molecule has 1 amide bonds. The fourth-order valence-corrected chi connectivity index (χ4v) is 3.78. The average molecular weight is 414 g/mol. The third kappa shape index (κ3) is 4.36. The second-order valence-corrected chi connectivity index (χ2v) is 6.82.